The average Bonchev–Trinajstić information content (AvgIpc) is 2.79. The summed E-state index contributed by atoms with van der Waals surface area (Å²) in [5.41, 5.74) is 1.65. The zero-order valence-corrected chi connectivity index (χ0v) is 13.5. The van der Waals surface area contributed by atoms with Gasteiger partial charge in [0.05, 0.1) is 11.7 Å². The van der Waals surface area contributed by atoms with E-state index in [0.29, 0.717) is 18.6 Å². The summed E-state index contributed by atoms with van der Waals surface area (Å²) >= 11 is 0. The Morgan fingerprint density at radius 1 is 1.35 bits per heavy atom. The van der Waals surface area contributed by atoms with Gasteiger partial charge in [-0.05, 0) is 56.9 Å². The van der Waals surface area contributed by atoms with Gasteiger partial charge >= 0.3 is 5.97 Å². The lowest BCUT2D eigenvalue weighted by molar-refractivity contribution is -0.139. The lowest BCUT2D eigenvalue weighted by Crippen LogP contribution is -2.40. The maximum atomic E-state index is 10.7. The molecule has 2 bridgehead atoms. The topological polar surface area (TPSA) is 35.5 Å². The van der Waals surface area contributed by atoms with Gasteiger partial charge in [0.2, 0.25) is 0 Å². The lowest BCUT2D eigenvalue weighted by Gasteiger charge is -2.39. The lowest BCUT2D eigenvalue weighted by atomic mass is 9.62. The van der Waals surface area contributed by atoms with Gasteiger partial charge < -0.3 is 9.47 Å². The number of allylic oxidation sites excluding steroid dienone is 1. The van der Waals surface area contributed by atoms with Crippen LogP contribution in [-0.4, -0.2) is 24.3 Å². The second-order valence-corrected chi connectivity index (χ2v) is 7.22. The summed E-state index contributed by atoms with van der Waals surface area (Å²) in [4.78, 5) is 10.7. The molecule has 2 aliphatic rings. The highest BCUT2D eigenvalue weighted by atomic mass is 16.5. The molecule has 2 saturated heterocycles. The first-order valence-electron chi connectivity index (χ1n) is 7.72. The van der Waals surface area contributed by atoms with Crippen LogP contribution >= 0.6 is 0 Å². The van der Waals surface area contributed by atoms with Crippen molar-refractivity contribution in [1.82, 2.24) is 0 Å². The molecule has 114 valence electrons. The van der Waals surface area contributed by atoms with Crippen molar-refractivity contribution in [2.45, 2.75) is 72.0 Å². The predicted octanol–water partition coefficient (Wildman–Crippen LogP) is 3.87. The van der Waals surface area contributed by atoms with E-state index in [-0.39, 0.29) is 17.0 Å². The Morgan fingerprint density at radius 3 is 2.60 bits per heavy atom. The maximum absolute atomic E-state index is 10.7. The van der Waals surface area contributed by atoms with E-state index in [0.717, 1.165) is 12.8 Å². The van der Waals surface area contributed by atoms with E-state index in [4.69, 9.17) is 9.47 Å². The maximum Gasteiger partial charge on any atom is 0.302 e. The molecular weight excluding hydrogens is 252 g/mol. The van der Waals surface area contributed by atoms with E-state index in [9.17, 15) is 4.79 Å². The van der Waals surface area contributed by atoms with E-state index < -0.39 is 0 Å². The largest absolute Gasteiger partial charge is 0.462 e. The van der Waals surface area contributed by atoms with Crippen LogP contribution < -0.4 is 0 Å². The number of hydrogen-bond donors (Lipinski definition) is 0. The molecule has 0 amide bonds. The fourth-order valence-corrected chi connectivity index (χ4v) is 4.10. The third-order valence-corrected chi connectivity index (χ3v) is 5.33. The second kappa shape index (κ2) is 5.51. The Labute approximate surface area is 122 Å². The molecule has 0 aromatic heterocycles. The molecular formula is C17H28O3. The van der Waals surface area contributed by atoms with Crippen LogP contribution in [0.25, 0.3) is 0 Å². The molecule has 0 saturated carbocycles. The van der Waals surface area contributed by atoms with Gasteiger partial charge in [-0.25, -0.2) is 0 Å². The van der Waals surface area contributed by atoms with Crippen molar-refractivity contribution >= 4 is 5.97 Å². The summed E-state index contributed by atoms with van der Waals surface area (Å²) < 4.78 is 11.2. The first-order valence-corrected chi connectivity index (χ1v) is 7.72. The van der Waals surface area contributed by atoms with Crippen LogP contribution in [0, 0.1) is 11.3 Å². The minimum absolute atomic E-state index is 0.0737. The van der Waals surface area contributed by atoms with Gasteiger partial charge in [-0.1, -0.05) is 19.4 Å². The Hall–Kier alpha value is -0.830. The molecule has 3 nitrogen and oxygen atoms in total. The van der Waals surface area contributed by atoms with Crippen molar-refractivity contribution in [3.8, 4) is 0 Å². The van der Waals surface area contributed by atoms with Gasteiger partial charge in [0.1, 0.15) is 6.61 Å². The molecule has 0 spiro atoms. The first kappa shape index (κ1) is 15.6. The molecule has 0 aromatic rings. The second-order valence-electron chi connectivity index (χ2n) is 7.22. The Balaban J connectivity index is 1.89. The molecule has 2 heterocycles. The number of hydrogen-bond acceptors (Lipinski definition) is 3. The van der Waals surface area contributed by atoms with E-state index in [2.05, 4.69) is 27.7 Å². The van der Waals surface area contributed by atoms with Crippen LogP contribution in [0.1, 0.15) is 60.3 Å². The van der Waals surface area contributed by atoms with Crippen LogP contribution in [0.2, 0.25) is 0 Å². The molecule has 3 atom stereocenters. The highest BCUT2D eigenvalue weighted by Crippen LogP contribution is 2.59. The van der Waals surface area contributed by atoms with E-state index in [1.165, 1.54) is 25.3 Å². The summed E-state index contributed by atoms with van der Waals surface area (Å²) in [6.07, 6.45) is 7.07. The average molecular weight is 280 g/mol. The molecule has 3 heteroatoms. The molecule has 20 heavy (non-hydrogen) atoms. The summed E-state index contributed by atoms with van der Waals surface area (Å²) in [6, 6.07) is 0. The van der Waals surface area contributed by atoms with E-state index in [1.807, 2.05) is 6.08 Å². The minimum atomic E-state index is -0.218. The zero-order valence-electron chi connectivity index (χ0n) is 13.5. The van der Waals surface area contributed by atoms with Gasteiger partial charge in [-0.2, -0.15) is 0 Å². The number of carbonyl (C=O) groups excluding carboxylic acids is 1. The fourth-order valence-electron chi connectivity index (χ4n) is 4.10. The summed E-state index contributed by atoms with van der Waals surface area (Å²) in [5, 5.41) is 0. The first-order chi connectivity index (χ1) is 9.25. The van der Waals surface area contributed by atoms with Gasteiger partial charge in [0.25, 0.3) is 0 Å². The van der Waals surface area contributed by atoms with Gasteiger partial charge in [0, 0.05) is 6.92 Å². The Bertz CT molecular complexity index is 406. The third kappa shape index (κ3) is 2.93. The molecule has 2 fully saturated rings. The number of carbonyl (C=O) groups is 1. The van der Waals surface area contributed by atoms with E-state index >= 15 is 0 Å². The number of rotatable bonds is 5. The van der Waals surface area contributed by atoms with E-state index in [1.54, 1.807) is 0 Å². The fraction of sp³-hybridized carbons (Fsp3) is 0.824. The van der Waals surface area contributed by atoms with Crippen LogP contribution in [0.3, 0.4) is 0 Å². The molecule has 2 rings (SSSR count). The molecule has 0 aromatic carbocycles. The van der Waals surface area contributed by atoms with Crippen LogP contribution in [0.15, 0.2) is 11.6 Å². The van der Waals surface area contributed by atoms with Gasteiger partial charge in [-0.15, -0.1) is 0 Å². The third-order valence-electron chi connectivity index (χ3n) is 5.33. The van der Waals surface area contributed by atoms with Crippen LogP contribution in [0.4, 0.5) is 0 Å². The van der Waals surface area contributed by atoms with Crippen LogP contribution in [-0.2, 0) is 14.3 Å². The molecule has 0 N–H and O–H groups in total. The van der Waals surface area contributed by atoms with Crippen molar-refractivity contribution in [1.29, 1.82) is 0 Å². The van der Waals surface area contributed by atoms with Crippen molar-refractivity contribution in [3.63, 3.8) is 0 Å². The van der Waals surface area contributed by atoms with Crippen molar-refractivity contribution in [2.75, 3.05) is 6.61 Å². The number of fused-ring (bicyclic) bond motifs is 2. The van der Waals surface area contributed by atoms with Gasteiger partial charge in [-0.3, -0.25) is 4.79 Å². The minimum Gasteiger partial charge on any atom is -0.462 e. The number of esters is 1. The molecule has 0 radical (unpaired) electrons. The van der Waals surface area contributed by atoms with Crippen molar-refractivity contribution < 1.29 is 14.3 Å². The molecule has 0 aliphatic carbocycles. The summed E-state index contributed by atoms with van der Waals surface area (Å²) in [7, 11) is 0. The Morgan fingerprint density at radius 2 is 2.05 bits per heavy atom. The normalized spacial score (nSPS) is 35.4. The highest BCUT2D eigenvalue weighted by molar-refractivity contribution is 5.66. The van der Waals surface area contributed by atoms with Crippen molar-refractivity contribution in [3.05, 3.63) is 11.6 Å². The van der Waals surface area contributed by atoms with Crippen LogP contribution in [0.5, 0.6) is 0 Å². The van der Waals surface area contributed by atoms with Crippen molar-refractivity contribution in [2.24, 2.45) is 11.3 Å². The molecule has 2 aliphatic heterocycles. The standard InChI is InChI=1S/C17H28O3/c1-12(9-11-19-13(2)18)6-7-14-16(3,4)15-8-10-17(14,5)20-15/h9,14-15H,6-8,10-11H2,1-5H3/b12-9+/t14-,15-,17+/m0/s1. The van der Waals surface area contributed by atoms with Gasteiger partial charge in [0.15, 0.2) is 0 Å². The smallest absolute Gasteiger partial charge is 0.302 e. The monoisotopic (exact) mass is 280 g/mol. The molecule has 0 unspecified atom stereocenters. The zero-order chi connectivity index (χ0) is 15.0. The number of ether oxygens (including phenoxy) is 2. The quantitative estimate of drug-likeness (QED) is 0.566. The summed E-state index contributed by atoms with van der Waals surface area (Å²) in [6.45, 7) is 10.9. The Kier molecular flexibility index (Phi) is 4.29. The summed E-state index contributed by atoms with van der Waals surface area (Å²) in [5.74, 6) is 0.398. The highest BCUT2D eigenvalue weighted by Gasteiger charge is 2.60. The SMILES string of the molecule is CC(=O)OC/C=C(\C)CC[C@H]1C(C)(C)[C@@H]2CC[C@@]1(C)O2. The predicted molar refractivity (Wildman–Crippen MR) is 79.4 cm³/mol.